The highest BCUT2D eigenvalue weighted by Gasteiger charge is 2.12. The van der Waals surface area contributed by atoms with E-state index in [9.17, 15) is 4.79 Å². The maximum atomic E-state index is 12.0. The van der Waals surface area contributed by atoms with E-state index in [-0.39, 0.29) is 36.8 Å². The van der Waals surface area contributed by atoms with E-state index in [1.807, 2.05) is 6.92 Å². The van der Waals surface area contributed by atoms with Gasteiger partial charge in [0.1, 0.15) is 10.7 Å². The zero-order valence-electron chi connectivity index (χ0n) is 14.1. The third-order valence-electron chi connectivity index (χ3n) is 3.45. The van der Waals surface area contributed by atoms with Crippen LogP contribution in [0, 0.1) is 0 Å². The Balaban J connectivity index is 0.00000264. The lowest BCUT2D eigenvalue weighted by Gasteiger charge is -2.06. The van der Waals surface area contributed by atoms with Crippen LogP contribution in [0.3, 0.4) is 0 Å². The second-order valence-electron chi connectivity index (χ2n) is 5.84. The first-order chi connectivity index (χ1) is 10.5. The van der Waals surface area contributed by atoms with Gasteiger partial charge in [-0.15, -0.1) is 36.2 Å². The molecule has 24 heavy (non-hydrogen) atoms. The average Bonchev–Trinajstić information content (AvgIpc) is 2.96. The molecule has 0 spiro atoms. The molecule has 7 heteroatoms. The summed E-state index contributed by atoms with van der Waals surface area (Å²) in [6.45, 7) is 6.84. The van der Waals surface area contributed by atoms with Crippen LogP contribution in [0.1, 0.15) is 49.2 Å². The van der Waals surface area contributed by atoms with E-state index in [0.717, 1.165) is 17.0 Å². The molecule has 1 atom stereocenters. The molecule has 1 heterocycles. The van der Waals surface area contributed by atoms with E-state index in [2.05, 4.69) is 48.4 Å². The van der Waals surface area contributed by atoms with Crippen molar-refractivity contribution in [1.82, 2.24) is 10.3 Å². The van der Waals surface area contributed by atoms with Gasteiger partial charge in [0.2, 0.25) is 0 Å². The van der Waals surface area contributed by atoms with Crippen molar-refractivity contribution in [3.63, 3.8) is 0 Å². The van der Waals surface area contributed by atoms with Crippen LogP contribution in [0.4, 0.5) is 0 Å². The molecular formula is C17H25Cl2N3OS. The lowest BCUT2D eigenvalue weighted by Crippen LogP contribution is -2.29. The quantitative estimate of drug-likeness (QED) is 0.775. The number of halogens is 2. The van der Waals surface area contributed by atoms with Crippen molar-refractivity contribution in [2.75, 3.05) is 6.54 Å². The van der Waals surface area contributed by atoms with Gasteiger partial charge in [-0.1, -0.05) is 38.1 Å². The third kappa shape index (κ3) is 6.40. The van der Waals surface area contributed by atoms with Crippen LogP contribution >= 0.6 is 36.2 Å². The fourth-order valence-corrected chi connectivity index (χ4v) is 2.83. The number of carbonyl (C=O) groups excluding carboxylic acids is 1. The number of aromatic nitrogens is 1. The molecule has 4 nitrogen and oxygen atoms in total. The highest BCUT2D eigenvalue weighted by molar-refractivity contribution is 7.13. The summed E-state index contributed by atoms with van der Waals surface area (Å²) in [6, 6.07) is 8.44. The third-order valence-corrected chi connectivity index (χ3v) is 4.34. The Morgan fingerprint density at radius 2 is 1.83 bits per heavy atom. The van der Waals surface area contributed by atoms with Gasteiger partial charge in [-0.05, 0) is 24.8 Å². The fraction of sp³-hybridized carbons (Fsp3) is 0.412. The molecule has 134 valence electrons. The molecule has 0 aliphatic heterocycles. The number of carbonyl (C=O) groups is 1. The topological polar surface area (TPSA) is 68.0 Å². The summed E-state index contributed by atoms with van der Waals surface area (Å²) in [5.74, 6) is 0.374. The Morgan fingerprint density at radius 1 is 1.21 bits per heavy atom. The molecule has 2 rings (SSSR count). The maximum Gasteiger partial charge on any atom is 0.270 e. The van der Waals surface area contributed by atoms with Gasteiger partial charge in [-0.25, -0.2) is 4.98 Å². The summed E-state index contributed by atoms with van der Waals surface area (Å²) in [6.07, 6.45) is 0.763. The number of rotatable bonds is 6. The molecule has 1 unspecified atom stereocenters. The largest absolute Gasteiger partial charge is 0.351 e. The number of nitrogens with zero attached hydrogens (tertiary/aromatic N) is 1. The lowest BCUT2D eigenvalue weighted by atomic mass is 10.0. The molecule has 0 bridgehead atoms. The highest BCUT2D eigenvalue weighted by Crippen LogP contribution is 2.25. The van der Waals surface area contributed by atoms with Crippen molar-refractivity contribution in [3.05, 3.63) is 40.9 Å². The molecule has 3 N–H and O–H groups in total. The maximum absolute atomic E-state index is 12.0. The number of nitrogens with two attached hydrogens (primary N) is 1. The summed E-state index contributed by atoms with van der Waals surface area (Å²) in [5.41, 5.74) is 8.48. The van der Waals surface area contributed by atoms with Gasteiger partial charge in [0.15, 0.2) is 0 Å². The normalized spacial score (nSPS) is 11.4. The SMILES string of the molecule is CC(N)CCNC(=O)c1csc(-c2ccc(C(C)C)cc2)n1.Cl.Cl. The molecule has 0 radical (unpaired) electrons. The predicted octanol–water partition coefficient (Wildman–Crippen LogP) is 4.24. The molecule has 0 aliphatic carbocycles. The van der Waals surface area contributed by atoms with Gasteiger partial charge in [-0.2, -0.15) is 0 Å². The minimum Gasteiger partial charge on any atom is -0.351 e. The van der Waals surface area contributed by atoms with E-state index < -0.39 is 0 Å². The Hall–Kier alpha value is -1.14. The highest BCUT2D eigenvalue weighted by atomic mass is 35.5. The van der Waals surface area contributed by atoms with Crippen LogP contribution < -0.4 is 11.1 Å². The monoisotopic (exact) mass is 389 g/mol. The smallest absolute Gasteiger partial charge is 0.270 e. The first-order valence-corrected chi connectivity index (χ1v) is 8.45. The molecule has 2 aromatic rings. The predicted molar refractivity (Wildman–Crippen MR) is 107 cm³/mol. The Kier molecular flexibility index (Phi) is 10.2. The van der Waals surface area contributed by atoms with Gasteiger partial charge in [0.05, 0.1) is 0 Å². The zero-order valence-corrected chi connectivity index (χ0v) is 16.6. The van der Waals surface area contributed by atoms with E-state index in [4.69, 9.17) is 5.73 Å². The van der Waals surface area contributed by atoms with Crippen LogP contribution in [-0.2, 0) is 0 Å². The van der Waals surface area contributed by atoms with Crippen molar-refractivity contribution >= 4 is 42.1 Å². The molecule has 0 aliphatic rings. The van der Waals surface area contributed by atoms with Crippen LogP contribution in [0.25, 0.3) is 10.6 Å². The second kappa shape index (κ2) is 10.7. The molecule has 1 aromatic heterocycles. The molecule has 0 fully saturated rings. The number of nitrogens with one attached hydrogen (secondary N) is 1. The van der Waals surface area contributed by atoms with Crippen molar-refractivity contribution in [3.8, 4) is 10.6 Å². The minimum absolute atomic E-state index is 0. The van der Waals surface area contributed by atoms with Gasteiger partial charge in [-0.3, -0.25) is 4.79 Å². The summed E-state index contributed by atoms with van der Waals surface area (Å²) in [5, 5.41) is 5.51. The van der Waals surface area contributed by atoms with Gasteiger partial charge in [0.25, 0.3) is 5.91 Å². The number of benzene rings is 1. The van der Waals surface area contributed by atoms with Crippen LogP contribution in [0.2, 0.25) is 0 Å². The number of hydrogen-bond acceptors (Lipinski definition) is 4. The van der Waals surface area contributed by atoms with Gasteiger partial charge >= 0.3 is 0 Å². The standard InChI is InChI=1S/C17H23N3OS.2ClH/c1-11(2)13-4-6-14(7-5-13)17-20-15(10-22-17)16(21)19-9-8-12(3)18;;/h4-7,10-12H,8-9,18H2,1-3H3,(H,19,21);2*1H. The molecule has 1 amide bonds. The molecule has 0 saturated carbocycles. The van der Waals surface area contributed by atoms with Gasteiger partial charge < -0.3 is 11.1 Å². The van der Waals surface area contributed by atoms with E-state index >= 15 is 0 Å². The first-order valence-electron chi connectivity index (χ1n) is 7.57. The Labute approximate surface area is 160 Å². The number of thiazole rings is 1. The fourth-order valence-electron chi connectivity index (χ4n) is 2.03. The Bertz CT molecular complexity index is 627. The molecule has 0 saturated heterocycles. The van der Waals surface area contributed by atoms with E-state index in [1.54, 1.807) is 5.38 Å². The Morgan fingerprint density at radius 3 is 2.38 bits per heavy atom. The van der Waals surface area contributed by atoms with Crippen molar-refractivity contribution < 1.29 is 4.79 Å². The summed E-state index contributed by atoms with van der Waals surface area (Å²) in [7, 11) is 0. The number of hydrogen-bond donors (Lipinski definition) is 2. The zero-order chi connectivity index (χ0) is 16.1. The van der Waals surface area contributed by atoms with Crippen LogP contribution in [0.15, 0.2) is 29.6 Å². The minimum atomic E-state index is -0.137. The van der Waals surface area contributed by atoms with Crippen molar-refractivity contribution in [2.24, 2.45) is 5.73 Å². The summed E-state index contributed by atoms with van der Waals surface area (Å²) < 4.78 is 0. The van der Waals surface area contributed by atoms with Crippen molar-refractivity contribution in [2.45, 2.75) is 39.2 Å². The van der Waals surface area contributed by atoms with Gasteiger partial charge in [0, 0.05) is 23.5 Å². The second-order valence-corrected chi connectivity index (χ2v) is 6.69. The van der Waals surface area contributed by atoms with Crippen LogP contribution in [0.5, 0.6) is 0 Å². The van der Waals surface area contributed by atoms with Crippen molar-refractivity contribution in [1.29, 1.82) is 0 Å². The first kappa shape index (κ1) is 22.9. The number of amides is 1. The molecule has 1 aromatic carbocycles. The average molecular weight is 390 g/mol. The van der Waals surface area contributed by atoms with E-state index in [0.29, 0.717) is 18.2 Å². The summed E-state index contributed by atoms with van der Waals surface area (Å²) >= 11 is 1.49. The summed E-state index contributed by atoms with van der Waals surface area (Å²) in [4.78, 5) is 16.4. The lowest BCUT2D eigenvalue weighted by molar-refractivity contribution is 0.0948. The molecular weight excluding hydrogens is 365 g/mol. The van der Waals surface area contributed by atoms with Crippen LogP contribution in [-0.4, -0.2) is 23.5 Å². The van der Waals surface area contributed by atoms with E-state index in [1.165, 1.54) is 16.9 Å².